The van der Waals surface area contributed by atoms with E-state index >= 15 is 0 Å². The fraction of sp³-hybridized carbons (Fsp3) is 0.567. The van der Waals surface area contributed by atoms with Gasteiger partial charge in [-0.05, 0) is 69.2 Å². The predicted octanol–water partition coefficient (Wildman–Crippen LogP) is 5.45. The maximum Gasteiger partial charge on any atom is 0.309 e. The molecule has 0 saturated heterocycles. The molecule has 2 rings (SSSR count). The Kier molecular flexibility index (Phi) is 11.7. The van der Waals surface area contributed by atoms with Crippen LogP contribution in [-0.4, -0.2) is 45.3 Å². The molecular formula is C30H43NO5. The van der Waals surface area contributed by atoms with Crippen molar-refractivity contribution in [2.24, 2.45) is 17.3 Å². The Balaban J connectivity index is 2.32. The summed E-state index contributed by atoms with van der Waals surface area (Å²) in [6, 6.07) is 5.59. The standard InChI is InChI=1S/C30H43NO5/c1-6-7-14-25-28(34)22(3)12-10-11-21(2)15-17-24(18-16-23-13-8-9-19-31-23)36-27(33)20-26(32)30(4,5)29(25)35/h6,8-9,13,15-16,18-19,22,24-26,28,32,34H,1,7,10-12,14,17,20H2,2-5H3/b18-16?,21-15+. The van der Waals surface area contributed by atoms with Crippen LogP contribution in [0.15, 0.2) is 54.8 Å². The van der Waals surface area contributed by atoms with Crippen molar-refractivity contribution in [3.05, 3.63) is 60.5 Å². The summed E-state index contributed by atoms with van der Waals surface area (Å²) in [5.74, 6) is -1.53. The Morgan fingerprint density at radius 3 is 2.67 bits per heavy atom. The molecule has 0 amide bonds. The van der Waals surface area contributed by atoms with Crippen molar-refractivity contribution >= 4 is 17.8 Å². The monoisotopic (exact) mass is 497 g/mol. The Hall–Kier alpha value is -2.57. The topological polar surface area (TPSA) is 96.7 Å². The third-order valence-electron chi connectivity index (χ3n) is 7.22. The number of hydrogen-bond acceptors (Lipinski definition) is 6. The molecule has 0 aromatic carbocycles. The lowest BCUT2D eigenvalue weighted by Gasteiger charge is -2.36. The largest absolute Gasteiger partial charge is 0.458 e. The number of nitrogens with zero attached hydrogens (tertiary/aromatic N) is 1. The van der Waals surface area contributed by atoms with Gasteiger partial charge in [0, 0.05) is 18.5 Å². The van der Waals surface area contributed by atoms with Crippen molar-refractivity contribution in [2.45, 2.75) is 91.0 Å². The zero-order valence-corrected chi connectivity index (χ0v) is 22.2. The zero-order valence-electron chi connectivity index (χ0n) is 22.2. The number of aliphatic hydroxyl groups is 2. The number of rotatable bonds is 5. The smallest absolute Gasteiger partial charge is 0.309 e. The summed E-state index contributed by atoms with van der Waals surface area (Å²) in [4.78, 5) is 30.7. The average Bonchev–Trinajstić information content (AvgIpc) is 2.85. The molecule has 1 aliphatic heterocycles. The molecule has 0 spiro atoms. The van der Waals surface area contributed by atoms with Gasteiger partial charge in [-0.15, -0.1) is 6.58 Å². The minimum Gasteiger partial charge on any atom is -0.458 e. The van der Waals surface area contributed by atoms with Crippen LogP contribution in [0.4, 0.5) is 0 Å². The second-order valence-electron chi connectivity index (χ2n) is 10.6. The predicted molar refractivity (Wildman–Crippen MR) is 143 cm³/mol. The summed E-state index contributed by atoms with van der Waals surface area (Å²) >= 11 is 0. The number of carbonyl (C=O) groups is 2. The Bertz CT molecular complexity index is 921. The first-order chi connectivity index (χ1) is 17.1. The van der Waals surface area contributed by atoms with E-state index in [1.807, 2.05) is 38.1 Å². The number of ether oxygens (including phenoxy) is 1. The van der Waals surface area contributed by atoms with Crippen LogP contribution in [0.5, 0.6) is 0 Å². The molecule has 2 heterocycles. The average molecular weight is 498 g/mol. The van der Waals surface area contributed by atoms with Crippen molar-refractivity contribution in [1.29, 1.82) is 0 Å². The molecule has 5 atom stereocenters. The first-order valence-corrected chi connectivity index (χ1v) is 13.0. The van der Waals surface area contributed by atoms with Gasteiger partial charge < -0.3 is 14.9 Å². The van der Waals surface area contributed by atoms with Gasteiger partial charge in [-0.3, -0.25) is 14.6 Å². The number of ketones is 1. The molecule has 6 nitrogen and oxygen atoms in total. The van der Waals surface area contributed by atoms with Crippen LogP contribution in [0.2, 0.25) is 0 Å². The van der Waals surface area contributed by atoms with Gasteiger partial charge in [0.05, 0.1) is 29.7 Å². The molecule has 0 saturated carbocycles. The van der Waals surface area contributed by atoms with Crippen molar-refractivity contribution in [1.82, 2.24) is 4.98 Å². The zero-order chi connectivity index (χ0) is 26.7. The fourth-order valence-corrected chi connectivity index (χ4v) is 4.56. The minimum atomic E-state index is -1.24. The molecule has 6 heteroatoms. The van der Waals surface area contributed by atoms with Gasteiger partial charge in [-0.25, -0.2) is 0 Å². The Morgan fingerprint density at radius 1 is 1.25 bits per heavy atom. The fourth-order valence-electron chi connectivity index (χ4n) is 4.56. The van der Waals surface area contributed by atoms with Gasteiger partial charge in [0.25, 0.3) is 0 Å². The van der Waals surface area contributed by atoms with Crippen molar-refractivity contribution in [3.63, 3.8) is 0 Å². The van der Waals surface area contributed by atoms with E-state index in [9.17, 15) is 19.8 Å². The van der Waals surface area contributed by atoms with Crippen molar-refractivity contribution in [3.8, 4) is 0 Å². The van der Waals surface area contributed by atoms with E-state index in [2.05, 4.69) is 17.6 Å². The van der Waals surface area contributed by atoms with E-state index in [4.69, 9.17) is 4.74 Å². The van der Waals surface area contributed by atoms with Crippen LogP contribution in [0, 0.1) is 17.3 Å². The Morgan fingerprint density at radius 2 is 2.00 bits per heavy atom. The van der Waals surface area contributed by atoms with Crippen molar-refractivity contribution < 1.29 is 24.5 Å². The van der Waals surface area contributed by atoms with Gasteiger partial charge in [0.15, 0.2) is 0 Å². The highest BCUT2D eigenvalue weighted by Crippen LogP contribution is 2.34. The lowest BCUT2D eigenvalue weighted by atomic mass is 9.71. The van der Waals surface area contributed by atoms with Crippen LogP contribution in [-0.2, 0) is 14.3 Å². The van der Waals surface area contributed by atoms with E-state index in [1.54, 1.807) is 32.2 Å². The van der Waals surface area contributed by atoms with Gasteiger partial charge >= 0.3 is 5.97 Å². The minimum absolute atomic E-state index is 0.0727. The van der Waals surface area contributed by atoms with E-state index in [1.165, 1.54) is 5.57 Å². The lowest BCUT2D eigenvalue weighted by molar-refractivity contribution is -0.154. The molecule has 36 heavy (non-hydrogen) atoms. The molecule has 198 valence electrons. The second-order valence-corrected chi connectivity index (χ2v) is 10.6. The summed E-state index contributed by atoms with van der Waals surface area (Å²) in [5.41, 5.74) is 0.709. The highest BCUT2D eigenvalue weighted by molar-refractivity contribution is 5.88. The molecule has 2 N–H and O–H groups in total. The number of cyclic esters (lactones) is 1. The van der Waals surface area contributed by atoms with Crippen LogP contribution >= 0.6 is 0 Å². The maximum absolute atomic E-state index is 13.6. The summed E-state index contributed by atoms with van der Waals surface area (Å²) in [7, 11) is 0. The molecule has 1 aromatic rings. The van der Waals surface area contributed by atoms with Crippen LogP contribution in [0.25, 0.3) is 6.08 Å². The summed E-state index contributed by atoms with van der Waals surface area (Å²) in [5, 5.41) is 22.1. The lowest BCUT2D eigenvalue weighted by Crippen LogP contribution is -2.46. The maximum atomic E-state index is 13.6. The molecule has 1 aromatic heterocycles. The summed E-state index contributed by atoms with van der Waals surface area (Å²) in [6.07, 6.45) is 10.3. The number of aliphatic hydroxyl groups excluding tert-OH is 2. The molecule has 1 aliphatic rings. The number of hydrogen-bond donors (Lipinski definition) is 2. The van der Waals surface area contributed by atoms with Gasteiger partial charge in [0.2, 0.25) is 0 Å². The van der Waals surface area contributed by atoms with E-state index < -0.39 is 35.6 Å². The van der Waals surface area contributed by atoms with Crippen LogP contribution in [0.1, 0.15) is 78.3 Å². The molecular weight excluding hydrogens is 454 g/mol. The number of aromatic nitrogens is 1. The molecule has 5 unspecified atom stereocenters. The molecule has 0 radical (unpaired) electrons. The molecule has 0 fully saturated rings. The number of esters is 1. The third-order valence-corrected chi connectivity index (χ3v) is 7.22. The normalized spacial score (nSPS) is 30.4. The Labute approximate surface area is 216 Å². The van der Waals surface area contributed by atoms with Crippen molar-refractivity contribution in [2.75, 3.05) is 0 Å². The SMILES string of the molecule is C=CCCC1C(=O)C(C)(C)C(O)CC(=O)OC(C=Cc2ccccn2)C/C=C(\C)CCCC(C)C1O. The van der Waals surface area contributed by atoms with Gasteiger partial charge in [0.1, 0.15) is 11.9 Å². The number of carbonyl (C=O) groups excluding carboxylic acids is 2. The van der Waals surface area contributed by atoms with E-state index in [0.29, 0.717) is 19.3 Å². The number of pyridine rings is 1. The van der Waals surface area contributed by atoms with E-state index in [-0.39, 0.29) is 18.1 Å². The molecule has 0 bridgehead atoms. The number of Topliss-reactive ketones (excluding diaryl/α,β-unsaturated/α-hetero) is 1. The summed E-state index contributed by atoms with van der Waals surface area (Å²) in [6.45, 7) is 11.0. The third kappa shape index (κ3) is 8.82. The van der Waals surface area contributed by atoms with Gasteiger partial charge in [-0.2, -0.15) is 0 Å². The highest BCUT2D eigenvalue weighted by atomic mass is 16.5. The van der Waals surface area contributed by atoms with Crippen LogP contribution < -0.4 is 0 Å². The molecule has 0 aliphatic carbocycles. The second kappa shape index (κ2) is 14.2. The van der Waals surface area contributed by atoms with Gasteiger partial charge in [-0.1, -0.05) is 44.6 Å². The quantitative estimate of drug-likeness (QED) is 0.415. The first-order valence-electron chi connectivity index (χ1n) is 13.0. The highest BCUT2D eigenvalue weighted by Gasteiger charge is 2.43. The number of allylic oxidation sites excluding steroid dienone is 2. The van der Waals surface area contributed by atoms with Crippen LogP contribution in [0.3, 0.4) is 0 Å². The summed E-state index contributed by atoms with van der Waals surface area (Å²) < 4.78 is 5.72. The first kappa shape index (κ1) is 29.7. The van der Waals surface area contributed by atoms with E-state index in [0.717, 1.165) is 25.0 Å².